The van der Waals surface area contributed by atoms with Crippen molar-refractivity contribution in [3.8, 4) is 0 Å². The topological polar surface area (TPSA) is 132 Å². The van der Waals surface area contributed by atoms with Crippen LogP contribution < -0.4 is 0 Å². The van der Waals surface area contributed by atoms with Crippen LogP contribution in [-0.2, 0) is 54.8 Å². The number of rotatable bonds is 13. The summed E-state index contributed by atoms with van der Waals surface area (Å²) >= 11 is 0. The molecule has 12 heteroatoms. The number of carbonyl (C=O) groups excluding carboxylic acids is 2. The van der Waals surface area contributed by atoms with E-state index in [2.05, 4.69) is 20.6 Å². The molecule has 0 aliphatic carbocycles. The van der Waals surface area contributed by atoms with Gasteiger partial charge < -0.3 is 18.9 Å². The van der Waals surface area contributed by atoms with Gasteiger partial charge in [0.05, 0.1) is 52.0 Å². The van der Waals surface area contributed by atoms with Crippen molar-refractivity contribution in [1.29, 1.82) is 0 Å². The van der Waals surface area contributed by atoms with Crippen LogP contribution in [0, 0.1) is 0 Å². The third-order valence-corrected chi connectivity index (χ3v) is 3.24. The number of nitrogens with zero attached hydrogens (tertiary/aromatic N) is 6. The summed E-state index contributed by atoms with van der Waals surface area (Å²) in [5.74, 6) is -0.736. The van der Waals surface area contributed by atoms with E-state index in [0.717, 1.165) is 0 Å². The van der Waals surface area contributed by atoms with Crippen molar-refractivity contribution in [3.05, 3.63) is 23.8 Å². The maximum atomic E-state index is 11.4. The molecule has 2 aromatic rings. The second-order valence-corrected chi connectivity index (χ2v) is 5.53. The summed E-state index contributed by atoms with van der Waals surface area (Å²) in [6.07, 6.45) is 3.25. The molecule has 0 aliphatic rings. The molecular weight excluding hydrogens is 372 g/mol. The van der Waals surface area contributed by atoms with Gasteiger partial charge >= 0.3 is 11.9 Å². The van der Waals surface area contributed by atoms with Gasteiger partial charge in [-0.25, -0.2) is 9.36 Å². The predicted molar refractivity (Wildman–Crippen MR) is 92.6 cm³/mol. The van der Waals surface area contributed by atoms with Crippen molar-refractivity contribution in [1.82, 2.24) is 30.0 Å². The summed E-state index contributed by atoms with van der Waals surface area (Å²) in [5, 5.41) is 15.5. The maximum absolute atomic E-state index is 11.4. The van der Waals surface area contributed by atoms with Crippen LogP contribution in [0.3, 0.4) is 0 Å². The van der Waals surface area contributed by atoms with Gasteiger partial charge in [0.25, 0.3) is 0 Å². The number of hydrogen-bond acceptors (Lipinski definition) is 10. The predicted octanol–water partition coefficient (Wildman–Crippen LogP) is -0.271. The Balaban J connectivity index is 1.57. The zero-order valence-corrected chi connectivity index (χ0v) is 15.9. The van der Waals surface area contributed by atoms with Crippen LogP contribution in [0.25, 0.3) is 0 Å². The molecule has 0 aliphatic heterocycles. The smallest absolute Gasteiger partial charge is 0.327 e. The lowest BCUT2D eigenvalue weighted by Crippen LogP contribution is -2.13. The second-order valence-electron chi connectivity index (χ2n) is 5.53. The normalized spacial score (nSPS) is 10.8. The van der Waals surface area contributed by atoms with E-state index in [9.17, 15) is 9.59 Å². The highest BCUT2D eigenvalue weighted by Crippen LogP contribution is 1.99. The first-order valence-electron chi connectivity index (χ1n) is 8.85. The van der Waals surface area contributed by atoms with Crippen LogP contribution >= 0.6 is 0 Å². The summed E-state index contributed by atoms with van der Waals surface area (Å²) in [7, 11) is 0. The van der Waals surface area contributed by atoms with Gasteiger partial charge in [0.2, 0.25) is 0 Å². The number of carbonyl (C=O) groups is 2. The summed E-state index contributed by atoms with van der Waals surface area (Å²) in [6, 6.07) is 0. The first-order chi connectivity index (χ1) is 13.6. The van der Waals surface area contributed by atoms with Crippen LogP contribution in [0.2, 0.25) is 0 Å². The molecule has 0 bridgehead atoms. The largest absolute Gasteiger partial charge is 0.465 e. The summed E-state index contributed by atoms with van der Waals surface area (Å²) in [5.41, 5.74) is 1.21. The van der Waals surface area contributed by atoms with Crippen LogP contribution in [-0.4, -0.2) is 68.4 Å². The Bertz CT molecular complexity index is 683. The molecule has 0 unspecified atom stereocenters. The fourth-order valence-electron chi connectivity index (χ4n) is 2.11. The molecular formula is C16H24N6O6. The fraction of sp³-hybridized carbons (Fsp3) is 0.625. The first-order valence-corrected chi connectivity index (χ1v) is 8.85. The summed E-state index contributed by atoms with van der Waals surface area (Å²) < 4.78 is 23.4. The van der Waals surface area contributed by atoms with Crippen molar-refractivity contribution >= 4 is 11.9 Å². The van der Waals surface area contributed by atoms with Crippen molar-refractivity contribution in [2.24, 2.45) is 0 Å². The Morgan fingerprint density at radius 2 is 1.25 bits per heavy atom. The molecule has 154 valence electrons. The SMILES string of the molecule is CCOC(=O)Cn1cc(COCCOCc2cn(CC(=O)OCC)nn2)nn1. The monoisotopic (exact) mass is 396 g/mol. The van der Waals surface area contributed by atoms with Crippen LogP contribution in [0.15, 0.2) is 12.4 Å². The van der Waals surface area contributed by atoms with Gasteiger partial charge in [0.15, 0.2) is 0 Å². The van der Waals surface area contributed by atoms with Gasteiger partial charge in [-0.1, -0.05) is 10.4 Å². The zero-order chi connectivity index (χ0) is 20.2. The second kappa shape index (κ2) is 11.8. The molecule has 12 nitrogen and oxygen atoms in total. The van der Waals surface area contributed by atoms with E-state index in [-0.39, 0.29) is 38.2 Å². The molecule has 0 amide bonds. The molecule has 0 saturated heterocycles. The zero-order valence-electron chi connectivity index (χ0n) is 15.9. The quantitative estimate of drug-likeness (QED) is 0.329. The Kier molecular flexibility index (Phi) is 9.01. The third kappa shape index (κ3) is 7.80. The molecule has 0 radical (unpaired) electrons. The average Bonchev–Trinajstić information content (AvgIpc) is 3.28. The highest BCUT2D eigenvalue weighted by atomic mass is 16.5. The van der Waals surface area contributed by atoms with Gasteiger partial charge in [0.1, 0.15) is 24.5 Å². The number of aromatic nitrogens is 6. The van der Waals surface area contributed by atoms with Crippen LogP contribution in [0.4, 0.5) is 0 Å². The Morgan fingerprint density at radius 3 is 1.64 bits per heavy atom. The third-order valence-electron chi connectivity index (χ3n) is 3.24. The standard InChI is InChI=1S/C16H24N6O6/c1-3-27-15(23)9-21-7-13(17-19-21)11-25-5-6-26-12-14-8-22(20-18-14)10-16(24)28-4-2/h7-8H,3-6,9-12H2,1-2H3. The minimum atomic E-state index is -0.368. The molecule has 0 saturated carbocycles. The molecule has 0 aromatic carbocycles. The van der Waals surface area contributed by atoms with Gasteiger partial charge in [0, 0.05) is 0 Å². The van der Waals surface area contributed by atoms with E-state index < -0.39 is 0 Å². The molecule has 28 heavy (non-hydrogen) atoms. The molecule has 0 fully saturated rings. The minimum Gasteiger partial charge on any atom is -0.465 e. The molecule has 0 atom stereocenters. The van der Waals surface area contributed by atoms with Gasteiger partial charge in [-0.15, -0.1) is 10.2 Å². The number of hydrogen-bond donors (Lipinski definition) is 0. The lowest BCUT2D eigenvalue weighted by Gasteiger charge is -2.03. The summed E-state index contributed by atoms with van der Waals surface area (Å²) in [4.78, 5) is 22.7. The van der Waals surface area contributed by atoms with E-state index in [1.165, 1.54) is 9.36 Å². The number of esters is 2. The van der Waals surface area contributed by atoms with E-state index in [1.807, 2.05) is 0 Å². The Morgan fingerprint density at radius 1 is 0.821 bits per heavy atom. The molecule has 2 aromatic heterocycles. The average molecular weight is 396 g/mol. The van der Waals surface area contributed by atoms with Crippen LogP contribution in [0.5, 0.6) is 0 Å². The lowest BCUT2D eigenvalue weighted by molar-refractivity contribution is -0.145. The first kappa shape index (κ1) is 21.4. The highest BCUT2D eigenvalue weighted by molar-refractivity contribution is 5.69. The van der Waals surface area contributed by atoms with Crippen molar-refractivity contribution in [3.63, 3.8) is 0 Å². The Labute approximate surface area is 161 Å². The minimum absolute atomic E-state index is 0.0147. The Hall–Kier alpha value is -2.86. The molecule has 0 N–H and O–H groups in total. The van der Waals surface area contributed by atoms with Gasteiger partial charge in [-0.05, 0) is 13.8 Å². The van der Waals surface area contributed by atoms with E-state index in [1.54, 1.807) is 26.2 Å². The fourth-order valence-corrected chi connectivity index (χ4v) is 2.11. The van der Waals surface area contributed by atoms with Gasteiger partial charge in [-0.3, -0.25) is 9.59 Å². The van der Waals surface area contributed by atoms with Gasteiger partial charge in [-0.2, -0.15) is 0 Å². The van der Waals surface area contributed by atoms with Crippen molar-refractivity contribution in [2.75, 3.05) is 26.4 Å². The van der Waals surface area contributed by atoms with E-state index in [4.69, 9.17) is 18.9 Å². The highest BCUT2D eigenvalue weighted by Gasteiger charge is 2.08. The van der Waals surface area contributed by atoms with E-state index in [0.29, 0.717) is 37.8 Å². The van der Waals surface area contributed by atoms with Crippen molar-refractivity contribution < 1.29 is 28.5 Å². The lowest BCUT2D eigenvalue weighted by atomic mass is 10.5. The molecule has 2 rings (SSSR count). The maximum Gasteiger partial charge on any atom is 0.327 e. The van der Waals surface area contributed by atoms with Crippen LogP contribution in [0.1, 0.15) is 25.2 Å². The van der Waals surface area contributed by atoms with Crippen molar-refractivity contribution in [2.45, 2.75) is 40.2 Å². The number of ether oxygens (including phenoxy) is 4. The summed E-state index contributed by atoms with van der Waals surface area (Å²) in [6.45, 7) is 5.36. The molecule has 0 spiro atoms. The molecule has 2 heterocycles. The van der Waals surface area contributed by atoms with E-state index >= 15 is 0 Å².